The van der Waals surface area contributed by atoms with Gasteiger partial charge in [-0.25, -0.2) is 9.37 Å². The predicted molar refractivity (Wildman–Crippen MR) is 184 cm³/mol. The number of amides is 2. The van der Waals surface area contributed by atoms with Crippen molar-refractivity contribution in [2.75, 3.05) is 45.2 Å². The Bertz CT molecular complexity index is 1500. The smallest absolute Gasteiger partial charge is 0.308 e. The molecule has 1 aliphatic heterocycles. The normalized spacial score (nSPS) is 12.7. The third-order valence-corrected chi connectivity index (χ3v) is 8.14. The molecule has 1 aliphatic rings. The third kappa shape index (κ3) is 11.6. The zero-order valence-electron chi connectivity index (χ0n) is 28.0. The van der Waals surface area contributed by atoms with Crippen molar-refractivity contribution in [3.63, 3.8) is 0 Å². The van der Waals surface area contributed by atoms with Gasteiger partial charge >= 0.3 is 5.97 Å². The van der Waals surface area contributed by atoms with E-state index in [2.05, 4.69) is 33.4 Å². The van der Waals surface area contributed by atoms with E-state index in [4.69, 9.17) is 14.5 Å². The largest absolute Gasteiger partial charge is 0.491 e. The van der Waals surface area contributed by atoms with Crippen LogP contribution in [0.4, 0.5) is 10.2 Å². The number of hydrogen-bond donors (Lipinski definition) is 4. The number of anilines is 1. The molecule has 48 heavy (non-hydrogen) atoms. The number of ether oxygens (including phenoxy) is 2. The van der Waals surface area contributed by atoms with Gasteiger partial charge in [0.15, 0.2) is 11.6 Å². The molecule has 0 saturated carbocycles. The zero-order chi connectivity index (χ0) is 34.1. The van der Waals surface area contributed by atoms with Crippen molar-refractivity contribution in [3.8, 4) is 5.75 Å². The first-order valence-electron chi connectivity index (χ1n) is 17.0. The molecular formula is C37H48FN5O5. The van der Waals surface area contributed by atoms with Gasteiger partial charge in [-0.05, 0) is 92.6 Å². The highest BCUT2D eigenvalue weighted by molar-refractivity contribution is 5.94. The molecule has 0 bridgehead atoms. The fourth-order valence-corrected chi connectivity index (χ4v) is 5.33. The Hall–Kier alpha value is -4.51. The number of nitrogens with one attached hydrogen (secondary N) is 4. The summed E-state index contributed by atoms with van der Waals surface area (Å²) in [6.07, 6.45) is 5.87. The lowest BCUT2D eigenvalue weighted by Crippen LogP contribution is -2.31. The number of esters is 1. The van der Waals surface area contributed by atoms with Gasteiger partial charge < -0.3 is 30.7 Å². The van der Waals surface area contributed by atoms with Crippen molar-refractivity contribution in [2.24, 2.45) is 0 Å². The highest BCUT2D eigenvalue weighted by Crippen LogP contribution is 2.26. The number of benzene rings is 2. The molecule has 0 aliphatic carbocycles. The second-order valence-electron chi connectivity index (χ2n) is 11.9. The number of nitrogens with zero attached hydrogens (tertiary/aromatic N) is 1. The molecule has 2 aromatic carbocycles. The minimum Gasteiger partial charge on any atom is -0.491 e. The van der Waals surface area contributed by atoms with Crippen LogP contribution in [0.1, 0.15) is 84.2 Å². The Kier molecular flexibility index (Phi) is 14.6. The third-order valence-electron chi connectivity index (χ3n) is 8.14. The van der Waals surface area contributed by atoms with Crippen LogP contribution in [0.3, 0.4) is 0 Å². The van der Waals surface area contributed by atoms with E-state index >= 15 is 4.39 Å². The van der Waals surface area contributed by atoms with Crippen molar-refractivity contribution < 1.29 is 28.2 Å². The van der Waals surface area contributed by atoms with Crippen molar-refractivity contribution in [1.82, 2.24) is 20.9 Å². The Labute approximate surface area is 282 Å². The summed E-state index contributed by atoms with van der Waals surface area (Å²) >= 11 is 0. The van der Waals surface area contributed by atoms with E-state index in [1.807, 2.05) is 26.1 Å². The van der Waals surface area contributed by atoms with Crippen molar-refractivity contribution in [2.45, 2.75) is 70.8 Å². The SMILES string of the molecule is CCCCOC(=O)C[C@H](NC(=O)c1ccc(CCc2ccc3c(n2)NCCC3)cc1)c1ccc(OCCCC(=O)NCCNC)c(F)c1. The summed E-state index contributed by atoms with van der Waals surface area (Å²) in [7, 11) is 1.81. The van der Waals surface area contributed by atoms with E-state index in [-0.39, 0.29) is 43.6 Å². The Balaban J connectivity index is 1.35. The van der Waals surface area contributed by atoms with Crippen LogP contribution in [-0.4, -0.2) is 62.7 Å². The maximum Gasteiger partial charge on any atom is 0.308 e. The first kappa shape index (κ1) is 36.3. The highest BCUT2D eigenvalue weighted by Gasteiger charge is 2.22. The van der Waals surface area contributed by atoms with E-state index in [0.717, 1.165) is 62.1 Å². The maximum absolute atomic E-state index is 15.1. The van der Waals surface area contributed by atoms with Crippen LogP contribution >= 0.6 is 0 Å². The molecule has 2 heterocycles. The van der Waals surface area contributed by atoms with Crippen LogP contribution in [0, 0.1) is 5.82 Å². The topological polar surface area (TPSA) is 131 Å². The average Bonchev–Trinajstić information content (AvgIpc) is 3.09. The van der Waals surface area contributed by atoms with E-state index in [1.165, 1.54) is 17.7 Å². The van der Waals surface area contributed by atoms with Gasteiger partial charge in [0, 0.05) is 37.3 Å². The molecular weight excluding hydrogens is 613 g/mol. The number of aromatic nitrogens is 1. The number of halogens is 1. The number of carbonyl (C=O) groups excluding carboxylic acids is 3. The zero-order valence-corrected chi connectivity index (χ0v) is 28.0. The summed E-state index contributed by atoms with van der Waals surface area (Å²) in [5.74, 6) is -0.578. The van der Waals surface area contributed by atoms with E-state index in [1.54, 1.807) is 18.2 Å². The molecule has 4 N–H and O–H groups in total. The summed E-state index contributed by atoms with van der Waals surface area (Å²) < 4.78 is 26.0. The standard InChI is InChI=1S/C37H48FN5O5/c1-3-4-22-48-35(45)25-32(29-15-18-33(31(38)24-29)47-23-6-8-34(44)40-21-20-39-2)43-37(46)28-12-9-26(10-13-28)11-16-30-17-14-27-7-5-19-41-36(27)42-30/h9-10,12-15,17-18,24,32,39H,3-8,11,16,19-23,25H2,1-2H3,(H,40,44)(H,41,42)(H,43,46)/t32-/m0/s1. The molecule has 258 valence electrons. The molecule has 0 radical (unpaired) electrons. The van der Waals surface area contributed by atoms with Crippen LogP contribution in [0.5, 0.6) is 5.75 Å². The molecule has 11 heteroatoms. The summed E-state index contributed by atoms with van der Waals surface area (Å²) in [6, 6.07) is 15.1. The number of fused-ring (bicyclic) bond motifs is 1. The lowest BCUT2D eigenvalue weighted by molar-refractivity contribution is -0.144. The van der Waals surface area contributed by atoms with Crippen LogP contribution < -0.4 is 26.0 Å². The highest BCUT2D eigenvalue weighted by atomic mass is 19.1. The van der Waals surface area contributed by atoms with Gasteiger partial charge in [0.1, 0.15) is 5.82 Å². The quantitative estimate of drug-likeness (QED) is 0.104. The summed E-state index contributed by atoms with van der Waals surface area (Å²) in [6.45, 7) is 4.60. The lowest BCUT2D eigenvalue weighted by Gasteiger charge is -2.20. The first-order chi connectivity index (χ1) is 23.4. The monoisotopic (exact) mass is 661 g/mol. The van der Waals surface area contributed by atoms with Gasteiger partial charge in [0.25, 0.3) is 5.91 Å². The van der Waals surface area contributed by atoms with Crippen molar-refractivity contribution >= 4 is 23.6 Å². The van der Waals surface area contributed by atoms with Gasteiger partial charge in [-0.3, -0.25) is 14.4 Å². The van der Waals surface area contributed by atoms with Crippen LogP contribution in [0.15, 0.2) is 54.6 Å². The molecule has 0 spiro atoms. The summed E-state index contributed by atoms with van der Waals surface area (Å²) in [5, 5.41) is 12.0. The second-order valence-corrected chi connectivity index (χ2v) is 11.9. The Morgan fingerprint density at radius 1 is 1.00 bits per heavy atom. The molecule has 0 saturated heterocycles. The Morgan fingerprint density at radius 3 is 2.60 bits per heavy atom. The summed E-state index contributed by atoms with van der Waals surface area (Å²) in [5.41, 5.74) is 4.18. The number of hydrogen-bond acceptors (Lipinski definition) is 8. The maximum atomic E-state index is 15.1. The van der Waals surface area contributed by atoms with Crippen molar-refractivity contribution in [3.05, 3.63) is 88.4 Å². The van der Waals surface area contributed by atoms with Crippen molar-refractivity contribution in [1.29, 1.82) is 0 Å². The van der Waals surface area contributed by atoms with Gasteiger partial charge in [0.05, 0.1) is 25.7 Å². The van der Waals surface area contributed by atoms with Crippen LogP contribution in [-0.2, 0) is 33.6 Å². The van der Waals surface area contributed by atoms with Gasteiger partial charge in [-0.2, -0.15) is 0 Å². The molecule has 0 fully saturated rings. The molecule has 10 nitrogen and oxygen atoms in total. The van der Waals surface area contributed by atoms with Gasteiger partial charge in [-0.1, -0.05) is 37.6 Å². The number of carbonyl (C=O) groups is 3. The van der Waals surface area contributed by atoms with E-state index in [0.29, 0.717) is 30.6 Å². The molecule has 1 aromatic heterocycles. The molecule has 3 aromatic rings. The minimum absolute atomic E-state index is 0.0300. The molecule has 2 amide bonds. The summed E-state index contributed by atoms with van der Waals surface area (Å²) in [4.78, 5) is 42.6. The Morgan fingerprint density at radius 2 is 1.83 bits per heavy atom. The lowest BCUT2D eigenvalue weighted by atomic mass is 10.0. The molecule has 0 unspecified atom stereocenters. The molecule has 4 rings (SSSR count). The minimum atomic E-state index is -0.820. The average molecular weight is 662 g/mol. The first-order valence-corrected chi connectivity index (χ1v) is 17.0. The van der Waals surface area contributed by atoms with E-state index in [9.17, 15) is 14.4 Å². The second kappa shape index (κ2) is 19.3. The van der Waals surface area contributed by atoms with Crippen LogP contribution in [0.25, 0.3) is 0 Å². The van der Waals surface area contributed by atoms with Gasteiger partial charge in [-0.15, -0.1) is 0 Å². The number of unbranched alkanes of at least 4 members (excludes halogenated alkanes) is 1. The molecule has 1 atom stereocenters. The number of aryl methyl sites for hydroxylation is 3. The van der Waals surface area contributed by atoms with E-state index < -0.39 is 17.8 Å². The number of likely N-dealkylation sites (N-methyl/N-ethyl adjacent to an activating group) is 1. The van der Waals surface area contributed by atoms with Crippen LogP contribution in [0.2, 0.25) is 0 Å². The number of pyridine rings is 1. The van der Waals surface area contributed by atoms with Gasteiger partial charge in [0.2, 0.25) is 5.91 Å². The predicted octanol–water partition coefficient (Wildman–Crippen LogP) is 5.06. The fraction of sp³-hybridized carbons (Fsp3) is 0.459. The fourth-order valence-electron chi connectivity index (χ4n) is 5.33. The number of rotatable bonds is 19.